The van der Waals surface area contributed by atoms with Gasteiger partial charge < -0.3 is 38.1 Å². The number of benzene rings is 1. The first-order valence-electron chi connectivity index (χ1n) is 19.6. The van der Waals surface area contributed by atoms with Crippen LogP contribution in [-0.4, -0.2) is 142 Å². The third kappa shape index (κ3) is 11.4. The molecule has 0 aromatic heterocycles. The van der Waals surface area contributed by atoms with Crippen molar-refractivity contribution in [3.63, 3.8) is 0 Å². The number of sulfonamides is 1. The number of guanidine groups is 2. The number of hydrogen-bond donors (Lipinski definition) is 0. The smallest absolute Gasteiger partial charge is 0.437 e. The monoisotopic (exact) mass is 880 g/mol. The summed E-state index contributed by atoms with van der Waals surface area (Å²) in [6, 6.07) is 3.50. The second-order valence-electron chi connectivity index (χ2n) is 18.7. The van der Waals surface area contributed by atoms with Crippen LogP contribution >= 0.6 is 0 Å². The Morgan fingerprint density at radius 3 is 1.70 bits per heavy atom. The van der Waals surface area contributed by atoms with Gasteiger partial charge in [0.25, 0.3) is 0 Å². The van der Waals surface area contributed by atoms with Gasteiger partial charge in [0.2, 0.25) is 21.9 Å². The van der Waals surface area contributed by atoms with E-state index in [2.05, 4.69) is 9.98 Å². The van der Waals surface area contributed by atoms with E-state index in [0.717, 1.165) is 23.0 Å². The Morgan fingerprint density at radius 2 is 1.25 bits per heavy atom. The minimum atomic E-state index is -4.69. The largest absolute Gasteiger partial charge is 0.497 e. The summed E-state index contributed by atoms with van der Waals surface area (Å²) in [7, 11) is -3.17. The molecule has 1 spiro atoms. The Hall–Kier alpha value is -5.18. The topological polar surface area (TPSA) is 222 Å². The summed E-state index contributed by atoms with van der Waals surface area (Å²) >= 11 is 0. The predicted octanol–water partition coefficient (Wildman–Crippen LogP) is 5.63. The molecule has 21 heteroatoms. The lowest BCUT2D eigenvalue weighted by Gasteiger charge is -2.55. The van der Waals surface area contributed by atoms with Crippen LogP contribution < -0.4 is 4.74 Å². The normalized spacial score (nSPS) is 23.4. The van der Waals surface area contributed by atoms with Gasteiger partial charge in [0.15, 0.2) is 5.66 Å². The van der Waals surface area contributed by atoms with Gasteiger partial charge in [-0.3, -0.25) is 4.79 Å². The van der Waals surface area contributed by atoms with Gasteiger partial charge in [-0.15, -0.1) is 9.98 Å². The first-order valence-corrected chi connectivity index (χ1v) is 21.5. The third-order valence-electron chi connectivity index (χ3n) is 8.84. The van der Waals surface area contributed by atoms with Crippen molar-refractivity contribution < 1.29 is 65.5 Å². The SMILES string of the molecule is COc1ccc(COC[C@H]2[C@@H]3N(S(C)(=O)=O)/C(=N\C(=O)OC(C)(C)C)N(C(=O)OC(C)(C)C)[C@@]34[C@@H](OC(C)=O)CCN4C(=NC(=O)OC(C)(C)C)N2C(=O)OC(C)(C)C)cc1. The maximum Gasteiger partial charge on any atom is 0.437 e. The number of carbonyl (C=O) groups is 5. The van der Waals surface area contributed by atoms with E-state index in [-0.39, 0.29) is 19.6 Å². The minimum absolute atomic E-state index is 0.106. The van der Waals surface area contributed by atoms with Gasteiger partial charge in [-0.25, -0.2) is 41.7 Å². The van der Waals surface area contributed by atoms with Crippen molar-refractivity contribution in [1.29, 1.82) is 0 Å². The van der Waals surface area contributed by atoms with Crippen LogP contribution in [0.4, 0.5) is 19.2 Å². The molecule has 1 aromatic carbocycles. The van der Waals surface area contributed by atoms with E-state index >= 15 is 0 Å². The van der Waals surface area contributed by atoms with Gasteiger partial charge in [0.1, 0.15) is 40.3 Å². The molecule has 3 aliphatic heterocycles. The lowest BCUT2D eigenvalue weighted by molar-refractivity contribution is -0.160. The molecule has 0 aliphatic carbocycles. The molecule has 1 aromatic rings. The van der Waals surface area contributed by atoms with Crippen molar-refractivity contribution in [3.8, 4) is 5.75 Å². The average Bonchev–Trinajstić information content (AvgIpc) is 3.56. The van der Waals surface area contributed by atoms with Crippen molar-refractivity contribution in [2.24, 2.45) is 9.98 Å². The van der Waals surface area contributed by atoms with Crippen LogP contribution in [-0.2, 0) is 49.8 Å². The molecule has 340 valence electrons. The van der Waals surface area contributed by atoms with Gasteiger partial charge in [-0.05, 0) is 101 Å². The maximum atomic E-state index is 14.9. The second kappa shape index (κ2) is 17.3. The summed E-state index contributed by atoms with van der Waals surface area (Å²) < 4.78 is 70.0. The van der Waals surface area contributed by atoms with Crippen LogP contribution in [0, 0.1) is 0 Å². The molecule has 3 aliphatic rings. The van der Waals surface area contributed by atoms with Gasteiger partial charge in [-0.2, -0.15) is 0 Å². The zero-order valence-corrected chi connectivity index (χ0v) is 38.5. The second-order valence-corrected chi connectivity index (χ2v) is 20.6. The quantitative estimate of drug-likeness (QED) is 0.239. The third-order valence-corrected chi connectivity index (χ3v) is 9.94. The molecule has 0 unspecified atom stereocenters. The summed E-state index contributed by atoms with van der Waals surface area (Å²) in [5.41, 5.74) is -6.30. The standard InChI is InChI=1S/C40H60N6O14S/c1-24(47)56-28-20-21-43-30(41-32(48)57-36(2,3)4)44(34(50)59-38(8,9)10)27(23-55-22-25-16-18-26(54-14)19-17-25)29-40(28,43)45(35(51)60-39(11,12)13)31(46(29)61(15,52)53)42-33(49)58-37(5,6)7/h16-19,27-29H,20-23H2,1-15H3/b41-30?,42-31-/t27-,28-,29-,40-/m0/s1. The molecule has 20 nitrogen and oxygen atoms in total. The molecule has 0 radical (unpaired) electrons. The fourth-order valence-corrected chi connectivity index (χ4v) is 8.26. The number of nitrogens with zero attached hydrogens (tertiary/aromatic N) is 6. The van der Waals surface area contributed by atoms with E-state index in [4.69, 9.17) is 33.2 Å². The van der Waals surface area contributed by atoms with Crippen molar-refractivity contribution in [2.75, 3.05) is 26.5 Å². The average molecular weight is 881 g/mol. The fourth-order valence-electron chi connectivity index (χ4n) is 7.13. The van der Waals surface area contributed by atoms with E-state index < -0.39 is 105 Å². The molecule has 3 saturated heterocycles. The van der Waals surface area contributed by atoms with Crippen LogP contribution in [0.15, 0.2) is 34.3 Å². The van der Waals surface area contributed by atoms with Gasteiger partial charge in [0, 0.05) is 19.9 Å². The summed E-state index contributed by atoms with van der Waals surface area (Å²) in [5.74, 6) is -1.56. The number of rotatable bonds is 7. The number of ether oxygens (including phenoxy) is 7. The zero-order chi connectivity index (χ0) is 46.3. The number of carbonyl (C=O) groups excluding carboxylic acids is 5. The number of aliphatic imine (C=N–C) groups is 2. The Kier molecular flexibility index (Phi) is 13.7. The summed E-state index contributed by atoms with van der Waals surface area (Å²) in [6.07, 6.45) is -5.62. The maximum absolute atomic E-state index is 14.9. The summed E-state index contributed by atoms with van der Waals surface area (Å²) in [4.78, 5) is 81.6. The van der Waals surface area contributed by atoms with Crippen LogP contribution in [0.3, 0.4) is 0 Å². The predicted molar refractivity (Wildman–Crippen MR) is 220 cm³/mol. The van der Waals surface area contributed by atoms with Crippen LogP contribution in [0.25, 0.3) is 0 Å². The molecule has 0 N–H and O–H groups in total. The van der Waals surface area contributed by atoms with Crippen molar-refractivity contribution in [2.45, 2.75) is 149 Å². The number of esters is 1. The summed E-state index contributed by atoms with van der Waals surface area (Å²) in [5, 5.41) is 0. The Bertz CT molecular complexity index is 2030. The van der Waals surface area contributed by atoms with Crippen molar-refractivity contribution in [1.82, 2.24) is 19.0 Å². The zero-order valence-electron chi connectivity index (χ0n) is 37.7. The Balaban J connectivity index is 2.21. The van der Waals surface area contributed by atoms with E-state index in [1.54, 1.807) is 107 Å². The number of hydrogen-bond acceptors (Lipinski definition) is 14. The van der Waals surface area contributed by atoms with E-state index in [0.29, 0.717) is 15.6 Å². The molecular formula is C40H60N6O14S. The number of methoxy groups -OCH3 is 1. The fraction of sp³-hybridized carbons (Fsp3) is 0.675. The van der Waals surface area contributed by atoms with E-state index in [1.807, 2.05) is 0 Å². The first kappa shape index (κ1) is 48.5. The highest BCUT2D eigenvalue weighted by molar-refractivity contribution is 7.89. The number of amides is 4. The lowest BCUT2D eigenvalue weighted by Crippen LogP contribution is -2.80. The van der Waals surface area contributed by atoms with E-state index in [1.165, 1.54) is 12.0 Å². The molecule has 4 amide bonds. The molecule has 4 rings (SSSR count). The highest BCUT2D eigenvalue weighted by atomic mass is 32.2. The molecule has 3 heterocycles. The van der Waals surface area contributed by atoms with Gasteiger partial charge in [0.05, 0.1) is 32.6 Å². The molecule has 4 atom stereocenters. The molecule has 61 heavy (non-hydrogen) atoms. The molecule has 0 saturated carbocycles. The molecule has 0 bridgehead atoms. The van der Waals surface area contributed by atoms with E-state index in [9.17, 15) is 32.4 Å². The Morgan fingerprint density at radius 1 is 0.754 bits per heavy atom. The minimum Gasteiger partial charge on any atom is -0.497 e. The lowest BCUT2D eigenvalue weighted by atomic mass is 9.86. The van der Waals surface area contributed by atoms with Crippen LogP contribution in [0.1, 0.15) is 102 Å². The highest BCUT2D eigenvalue weighted by Gasteiger charge is 2.77. The van der Waals surface area contributed by atoms with Gasteiger partial charge in [-0.1, -0.05) is 12.1 Å². The highest BCUT2D eigenvalue weighted by Crippen LogP contribution is 2.52. The molecular weight excluding hydrogens is 821 g/mol. The van der Waals surface area contributed by atoms with Crippen molar-refractivity contribution in [3.05, 3.63) is 29.8 Å². The first-order chi connectivity index (χ1) is 27.8. The van der Waals surface area contributed by atoms with Crippen molar-refractivity contribution >= 4 is 52.3 Å². The van der Waals surface area contributed by atoms with Crippen LogP contribution in [0.2, 0.25) is 0 Å². The summed E-state index contributed by atoms with van der Waals surface area (Å²) in [6.45, 7) is 19.2. The van der Waals surface area contributed by atoms with Gasteiger partial charge >= 0.3 is 30.3 Å². The van der Waals surface area contributed by atoms with Crippen LogP contribution in [0.5, 0.6) is 5.75 Å². The Labute approximate surface area is 357 Å². The molecule has 3 fully saturated rings.